The number of rotatable bonds is 3. The Kier molecular flexibility index (Phi) is 5.15. The standard InChI is InChI=1S/C23H24ClNO3/c1-16-13-21-18(14-19(16)24)20(26)15-23(28-21)9-11-25(12-10-23)22(27)8-7-17-5-3-2-4-6-17/h2-6,13-14H,7-12,15H2,1H3. The number of nitrogens with zero attached hydrogens (tertiary/aromatic N) is 1. The Morgan fingerprint density at radius 3 is 2.61 bits per heavy atom. The summed E-state index contributed by atoms with van der Waals surface area (Å²) < 4.78 is 6.31. The Bertz CT molecular complexity index is 902. The van der Waals surface area contributed by atoms with Crippen molar-refractivity contribution in [1.29, 1.82) is 0 Å². The molecule has 1 saturated heterocycles. The number of ketones is 1. The summed E-state index contributed by atoms with van der Waals surface area (Å²) in [6.45, 7) is 3.16. The van der Waals surface area contributed by atoms with Gasteiger partial charge in [0, 0.05) is 37.4 Å². The van der Waals surface area contributed by atoms with E-state index in [9.17, 15) is 9.59 Å². The van der Waals surface area contributed by atoms with Crippen LogP contribution in [0.5, 0.6) is 5.75 Å². The molecule has 0 unspecified atom stereocenters. The highest BCUT2D eigenvalue weighted by atomic mass is 35.5. The van der Waals surface area contributed by atoms with Gasteiger partial charge in [0.05, 0.1) is 12.0 Å². The largest absolute Gasteiger partial charge is 0.486 e. The third kappa shape index (κ3) is 3.79. The van der Waals surface area contributed by atoms with Gasteiger partial charge in [-0.3, -0.25) is 9.59 Å². The highest BCUT2D eigenvalue weighted by Crippen LogP contribution is 2.41. The zero-order valence-electron chi connectivity index (χ0n) is 16.0. The van der Waals surface area contributed by atoms with Crippen molar-refractivity contribution < 1.29 is 14.3 Å². The van der Waals surface area contributed by atoms with Crippen molar-refractivity contribution in [3.63, 3.8) is 0 Å². The highest BCUT2D eigenvalue weighted by molar-refractivity contribution is 6.31. The summed E-state index contributed by atoms with van der Waals surface area (Å²) in [6, 6.07) is 13.6. The maximum absolute atomic E-state index is 12.7. The minimum absolute atomic E-state index is 0.0759. The summed E-state index contributed by atoms with van der Waals surface area (Å²) in [4.78, 5) is 27.2. The van der Waals surface area contributed by atoms with Gasteiger partial charge in [0.2, 0.25) is 5.91 Å². The van der Waals surface area contributed by atoms with Crippen molar-refractivity contribution in [2.45, 2.75) is 44.6 Å². The molecule has 2 aromatic carbocycles. The van der Waals surface area contributed by atoms with E-state index in [1.807, 2.05) is 48.2 Å². The van der Waals surface area contributed by atoms with Crippen LogP contribution in [0.1, 0.15) is 47.2 Å². The molecule has 1 amide bonds. The molecule has 0 aromatic heterocycles. The predicted octanol–water partition coefficient (Wildman–Crippen LogP) is 4.61. The van der Waals surface area contributed by atoms with Crippen LogP contribution in [0.2, 0.25) is 5.02 Å². The van der Waals surface area contributed by atoms with Crippen LogP contribution in [-0.4, -0.2) is 35.3 Å². The molecule has 28 heavy (non-hydrogen) atoms. The molecule has 0 N–H and O–H groups in total. The molecule has 1 spiro atoms. The van der Waals surface area contributed by atoms with Gasteiger partial charge in [-0.2, -0.15) is 0 Å². The quantitative estimate of drug-likeness (QED) is 0.759. The maximum Gasteiger partial charge on any atom is 0.222 e. The topological polar surface area (TPSA) is 46.6 Å². The molecule has 2 aliphatic rings. The molecule has 5 heteroatoms. The van der Waals surface area contributed by atoms with Crippen LogP contribution in [0.3, 0.4) is 0 Å². The molecule has 4 nitrogen and oxygen atoms in total. The van der Waals surface area contributed by atoms with Crippen molar-refractivity contribution in [3.8, 4) is 5.75 Å². The van der Waals surface area contributed by atoms with Crippen LogP contribution in [-0.2, 0) is 11.2 Å². The normalized spacial score (nSPS) is 17.9. The van der Waals surface area contributed by atoms with Crippen molar-refractivity contribution in [1.82, 2.24) is 4.90 Å². The molecule has 2 heterocycles. The summed E-state index contributed by atoms with van der Waals surface area (Å²) in [6.07, 6.45) is 2.97. The fraction of sp³-hybridized carbons (Fsp3) is 0.391. The van der Waals surface area contributed by atoms with Gasteiger partial charge in [-0.05, 0) is 36.6 Å². The van der Waals surface area contributed by atoms with Gasteiger partial charge < -0.3 is 9.64 Å². The van der Waals surface area contributed by atoms with Crippen molar-refractivity contribution in [2.24, 2.45) is 0 Å². The monoisotopic (exact) mass is 397 g/mol. The van der Waals surface area contributed by atoms with Gasteiger partial charge in [0.25, 0.3) is 0 Å². The summed E-state index contributed by atoms with van der Waals surface area (Å²) >= 11 is 6.16. The van der Waals surface area contributed by atoms with E-state index in [1.165, 1.54) is 5.56 Å². The number of amides is 1. The summed E-state index contributed by atoms with van der Waals surface area (Å²) in [5.74, 6) is 0.873. The number of ether oxygens (including phenoxy) is 1. The van der Waals surface area contributed by atoms with Gasteiger partial charge in [0.1, 0.15) is 11.4 Å². The van der Waals surface area contributed by atoms with Gasteiger partial charge in [-0.25, -0.2) is 0 Å². The molecule has 2 aromatic rings. The average molecular weight is 398 g/mol. The van der Waals surface area contributed by atoms with Crippen molar-refractivity contribution >= 4 is 23.3 Å². The minimum atomic E-state index is -0.499. The fourth-order valence-corrected chi connectivity index (χ4v) is 4.27. The first-order chi connectivity index (χ1) is 13.5. The number of hydrogen-bond acceptors (Lipinski definition) is 3. The second-order valence-corrected chi connectivity index (χ2v) is 8.26. The Morgan fingerprint density at radius 2 is 1.89 bits per heavy atom. The van der Waals surface area contributed by atoms with Crippen molar-refractivity contribution in [2.75, 3.05) is 13.1 Å². The van der Waals surface area contributed by atoms with Gasteiger partial charge in [-0.15, -0.1) is 0 Å². The van der Waals surface area contributed by atoms with E-state index in [0.29, 0.717) is 55.1 Å². The van der Waals surface area contributed by atoms with E-state index >= 15 is 0 Å². The molecule has 1 fully saturated rings. The zero-order chi connectivity index (χ0) is 19.7. The first-order valence-corrected chi connectivity index (χ1v) is 10.2. The molecule has 0 atom stereocenters. The molecule has 146 valence electrons. The first-order valence-electron chi connectivity index (χ1n) is 9.80. The smallest absolute Gasteiger partial charge is 0.222 e. The summed E-state index contributed by atoms with van der Waals surface area (Å²) in [7, 11) is 0. The van der Waals surface area contributed by atoms with Crippen molar-refractivity contribution in [3.05, 3.63) is 64.2 Å². The van der Waals surface area contributed by atoms with E-state index in [0.717, 1.165) is 12.0 Å². The van der Waals surface area contributed by atoms with Crippen LogP contribution in [0.25, 0.3) is 0 Å². The van der Waals surface area contributed by atoms with E-state index in [2.05, 4.69) is 0 Å². The lowest BCUT2D eigenvalue weighted by Gasteiger charge is -2.44. The minimum Gasteiger partial charge on any atom is -0.486 e. The van der Waals surface area contributed by atoms with Gasteiger partial charge in [0.15, 0.2) is 5.78 Å². The number of benzene rings is 2. The van der Waals surface area contributed by atoms with Gasteiger partial charge in [-0.1, -0.05) is 41.9 Å². The third-order valence-electron chi connectivity index (χ3n) is 5.87. The Labute approximate surface area is 170 Å². The molecule has 4 rings (SSSR count). The molecular weight excluding hydrogens is 374 g/mol. The Morgan fingerprint density at radius 1 is 1.18 bits per heavy atom. The molecule has 0 saturated carbocycles. The van der Waals surface area contributed by atoms with Crippen LogP contribution >= 0.6 is 11.6 Å². The van der Waals surface area contributed by atoms with Crippen LogP contribution in [0.4, 0.5) is 0 Å². The fourth-order valence-electron chi connectivity index (χ4n) is 4.11. The summed E-state index contributed by atoms with van der Waals surface area (Å²) in [5, 5.41) is 0.588. The molecular formula is C23H24ClNO3. The lowest BCUT2D eigenvalue weighted by atomic mass is 9.82. The molecule has 0 bridgehead atoms. The van der Waals surface area contributed by atoms with E-state index in [1.54, 1.807) is 6.07 Å². The number of carbonyl (C=O) groups excluding carboxylic acids is 2. The second kappa shape index (κ2) is 7.59. The number of fused-ring (bicyclic) bond motifs is 1. The number of hydrogen-bond donors (Lipinski definition) is 0. The SMILES string of the molecule is Cc1cc2c(cc1Cl)C(=O)CC1(CCN(C(=O)CCc3ccccc3)CC1)O2. The van der Waals surface area contributed by atoms with Crippen LogP contribution < -0.4 is 4.74 Å². The zero-order valence-corrected chi connectivity index (χ0v) is 16.8. The number of carbonyl (C=O) groups is 2. The highest BCUT2D eigenvalue weighted by Gasteiger charge is 2.43. The summed E-state index contributed by atoms with van der Waals surface area (Å²) in [5.41, 5.74) is 2.15. The van der Waals surface area contributed by atoms with Crippen LogP contribution in [0.15, 0.2) is 42.5 Å². The average Bonchev–Trinajstić information content (AvgIpc) is 2.69. The second-order valence-electron chi connectivity index (χ2n) is 7.85. The number of Topliss-reactive ketones (excluding diaryl/α,β-unsaturated/α-hetero) is 1. The van der Waals surface area contributed by atoms with Crippen LogP contribution in [0, 0.1) is 6.92 Å². The number of aryl methyl sites for hydroxylation is 2. The first kappa shape index (κ1) is 19.0. The maximum atomic E-state index is 12.7. The number of likely N-dealkylation sites (tertiary alicyclic amines) is 1. The van der Waals surface area contributed by atoms with E-state index < -0.39 is 5.60 Å². The third-order valence-corrected chi connectivity index (χ3v) is 6.28. The Hall–Kier alpha value is -2.33. The molecule has 0 radical (unpaired) electrons. The predicted molar refractivity (Wildman–Crippen MR) is 109 cm³/mol. The van der Waals surface area contributed by atoms with Gasteiger partial charge >= 0.3 is 0 Å². The van der Waals surface area contributed by atoms with E-state index in [-0.39, 0.29) is 11.7 Å². The number of halogens is 1. The number of piperidine rings is 1. The lowest BCUT2D eigenvalue weighted by molar-refractivity contribution is -0.134. The molecule has 0 aliphatic carbocycles. The van der Waals surface area contributed by atoms with E-state index in [4.69, 9.17) is 16.3 Å². The Balaban J connectivity index is 1.39. The lowest BCUT2D eigenvalue weighted by Crippen LogP contribution is -2.52. The molecule has 2 aliphatic heterocycles.